The normalized spacial score (nSPS) is 16.0. The minimum absolute atomic E-state index is 0.190. The fraction of sp³-hybridized carbons (Fsp3) is 0.385. The zero-order valence-corrected chi connectivity index (χ0v) is 19.9. The molecule has 5 nitrogen and oxygen atoms in total. The monoisotopic (exact) mass is 453 g/mol. The van der Waals surface area contributed by atoms with Gasteiger partial charge in [-0.2, -0.15) is 17.4 Å². The Hall–Kier alpha value is -2.25. The maximum absolute atomic E-state index is 12.8. The molecule has 0 saturated heterocycles. The van der Waals surface area contributed by atoms with Crippen LogP contribution in [0.4, 0.5) is 0 Å². The summed E-state index contributed by atoms with van der Waals surface area (Å²) in [6, 6.07) is 19.2. The lowest BCUT2D eigenvalue weighted by molar-refractivity contribution is 0.405. The van der Waals surface area contributed by atoms with Gasteiger partial charge in [0, 0.05) is 14.1 Å². The number of hydrogen-bond acceptors (Lipinski definition) is 3. The molecule has 0 radical (unpaired) electrons. The highest BCUT2D eigenvalue weighted by molar-refractivity contribution is 7.87. The number of nitrogens with zero attached hydrogens (tertiary/aromatic N) is 1. The summed E-state index contributed by atoms with van der Waals surface area (Å²) in [4.78, 5) is 0. The second kappa shape index (κ2) is 12.1. The maximum Gasteiger partial charge on any atom is 0.279 e. The molecule has 0 heterocycles. The lowest BCUT2D eigenvalue weighted by Crippen LogP contribution is -2.43. The molecule has 1 aliphatic rings. The molecule has 3 rings (SSSR count). The van der Waals surface area contributed by atoms with Gasteiger partial charge < -0.3 is 5.32 Å². The van der Waals surface area contributed by atoms with E-state index < -0.39 is 16.3 Å². The lowest BCUT2D eigenvalue weighted by atomic mass is 9.93. The van der Waals surface area contributed by atoms with E-state index in [1.807, 2.05) is 48.5 Å². The van der Waals surface area contributed by atoms with Gasteiger partial charge in [-0.3, -0.25) is 0 Å². The van der Waals surface area contributed by atoms with Crippen LogP contribution in [0.5, 0.6) is 0 Å². The third kappa shape index (κ3) is 7.14. The molecule has 0 spiro atoms. The zero-order chi connectivity index (χ0) is 22.8. The number of hydrogen-bond donors (Lipinski definition) is 2. The SMILES string of the molecule is CN(C)S(=O)(=O)NC(c1ccccc1)C(NCCCCC1=CC=CCC1)c1ccccc1. The maximum atomic E-state index is 12.8. The topological polar surface area (TPSA) is 61.4 Å². The largest absolute Gasteiger partial charge is 0.308 e. The number of nitrogens with one attached hydrogen (secondary N) is 2. The predicted molar refractivity (Wildman–Crippen MR) is 132 cm³/mol. The second-order valence-electron chi connectivity index (χ2n) is 8.38. The molecule has 2 N–H and O–H groups in total. The van der Waals surface area contributed by atoms with E-state index in [-0.39, 0.29) is 6.04 Å². The molecular weight excluding hydrogens is 418 g/mol. The van der Waals surface area contributed by atoms with E-state index in [9.17, 15) is 8.42 Å². The van der Waals surface area contributed by atoms with Crippen LogP contribution in [-0.4, -0.2) is 33.4 Å². The van der Waals surface area contributed by atoms with Gasteiger partial charge in [0.1, 0.15) is 0 Å². The molecule has 2 atom stereocenters. The van der Waals surface area contributed by atoms with Crippen LogP contribution in [0.1, 0.15) is 55.3 Å². The highest BCUT2D eigenvalue weighted by Gasteiger charge is 2.29. The van der Waals surface area contributed by atoms with Crippen molar-refractivity contribution >= 4 is 10.2 Å². The summed E-state index contributed by atoms with van der Waals surface area (Å²) < 4.78 is 29.7. The van der Waals surface area contributed by atoms with E-state index in [0.29, 0.717) is 0 Å². The Morgan fingerprint density at radius 1 is 0.906 bits per heavy atom. The van der Waals surface area contributed by atoms with Crippen molar-refractivity contribution in [3.63, 3.8) is 0 Å². The van der Waals surface area contributed by atoms with Gasteiger partial charge in [-0.05, 0) is 49.8 Å². The molecule has 172 valence electrons. The minimum atomic E-state index is -3.62. The Kier molecular flexibility index (Phi) is 9.23. The average Bonchev–Trinajstić information content (AvgIpc) is 2.82. The van der Waals surface area contributed by atoms with Crippen LogP contribution in [0.25, 0.3) is 0 Å². The van der Waals surface area contributed by atoms with Crippen molar-refractivity contribution in [3.05, 3.63) is 95.6 Å². The number of benzene rings is 2. The van der Waals surface area contributed by atoms with Gasteiger partial charge in [0.15, 0.2) is 0 Å². The van der Waals surface area contributed by atoms with Crippen molar-refractivity contribution in [1.82, 2.24) is 14.3 Å². The summed E-state index contributed by atoms with van der Waals surface area (Å²) in [6.45, 7) is 0.815. The Morgan fingerprint density at radius 3 is 2.09 bits per heavy atom. The first-order valence-corrected chi connectivity index (χ1v) is 12.8. The highest BCUT2D eigenvalue weighted by Crippen LogP contribution is 2.30. The first kappa shape index (κ1) is 24.4. The van der Waals surface area contributed by atoms with Crippen molar-refractivity contribution in [2.45, 2.75) is 44.2 Å². The van der Waals surface area contributed by atoms with Crippen LogP contribution < -0.4 is 10.0 Å². The van der Waals surface area contributed by atoms with Crippen LogP contribution in [-0.2, 0) is 10.2 Å². The molecule has 0 amide bonds. The van der Waals surface area contributed by atoms with Crippen molar-refractivity contribution in [3.8, 4) is 0 Å². The summed E-state index contributed by atoms with van der Waals surface area (Å²) in [5, 5.41) is 3.65. The molecule has 1 aliphatic carbocycles. The number of unbranched alkanes of at least 4 members (excludes halogenated alkanes) is 1. The van der Waals surface area contributed by atoms with E-state index in [0.717, 1.165) is 43.4 Å². The number of allylic oxidation sites excluding steroid dienone is 4. The molecule has 32 heavy (non-hydrogen) atoms. The van der Waals surface area contributed by atoms with E-state index in [1.54, 1.807) is 14.1 Å². The molecule has 6 heteroatoms. The Balaban J connectivity index is 1.76. The quantitative estimate of drug-likeness (QED) is 0.449. The Labute approximate surface area is 193 Å². The van der Waals surface area contributed by atoms with Gasteiger partial charge in [-0.15, -0.1) is 0 Å². The van der Waals surface area contributed by atoms with Crippen molar-refractivity contribution < 1.29 is 8.42 Å². The first-order chi connectivity index (χ1) is 15.5. The Bertz CT molecular complexity index is 986. The molecule has 0 fully saturated rings. The first-order valence-electron chi connectivity index (χ1n) is 11.3. The fourth-order valence-electron chi connectivity index (χ4n) is 3.94. The standard InChI is InChI=1S/C26H35N3O2S/c1-29(2)32(30,31)28-26(24-19-10-5-11-20-24)25(23-17-8-4-9-18-23)27-21-13-12-16-22-14-6-3-7-15-22/h3-6,8-11,14,17-20,25-28H,7,12-13,15-16,21H2,1-2H3. The van der Waals surface area contributed by atoms with Crippen LogP contribution in [0.2, 0.25) is 0 Å². The molecule has 2 aromatic carbocycles. The molecule has 0 bridgehead atoms. The molecule has 2 unspecified atom stereocenters. The van der Waals surface area contributed by atoms with Gasteiger partial charge >= 0.3 is 0 Å². The van der Waals surface area contributed by atoms with Gasteiger partial charge in [-0.1, -0.05) is 84.5 Å². The lowest BCUT2D eigenvalue weighted by Gasteiger charge is -2.31. The third-order valence-corrected chi connectivity index (χ3v) is 7.31. The smallest absolute Gasteiger partial charge is 0.279 e. The van der Waals surface area contributed by atoms with Gasteiger partial charge in [0.05, 0.1) is 12.1 Å². The van der Waals surface area contributed by atoms with Gasteiger partial charge in [0.2, 0.25) is 0 Å². The molecule has 0 aliphatic heterocycles. The van der Waals surface area contributed by atoms with Crippen LogP contribution in [0.15, 0.2) is 84.5 Å². The Morgan fingerprint density at radius 2 is 1.53 bits per heavy atom. The van der Waals surface area contributed by atoms with E-state index in [4.69, 9.17) is 0 Å². The highest BCUT2D eigenvalue weighted by atomic mass is 32.2. The van der Waals surface area contributed by atoms with Crippen LogP contribution >= 0.6 is 0 Å². The fourth-order valence-corrected chi connectivity index (χ4v) is 4.74. The molecule has 0 aromatic heterocycles. The minimum Gasteiger partial charge on any atom is -0.308 e. The van der Waals surface area contributed by atoms with Crippen molar-refractivity contribution in [2.75, 3.05) is 20.6 Å². The van der Waals surface area contributed by atoms with Crippen LogP contribution in [0, 0.1) is 0 Å². The number of rotatable bonds is 12. The molecular formula is C26H35N3O2S. The zero-order valence-electron chi connectivity index (χ0n) is 19.1. The van der Waals surface area contributed by atoms with E-state index in [1.165, 1.54) is 16.3 Å². The molecule has 0 saturated carbocycles. The second-order valence-corrected chi connectivity index (χ2v) is 10.3. The summed E-state index contributed by atoms with van der Waals surface area (Å²) in [6.07, 6.45) is 12.2. The van der Waals surface area contributed by atoms with Gasteiger partial charge in [-0.25, -0.2) is 0 Å². The van der Waals surface area contributed by atoms with Gasteiger partial charge in [0.25, 0.3) is 10.2 Å². The predicted octanol–water partition coefficient (Wildman–Crippen LogP) is 4.90. The van der Waals surface area contributed by atoms with Crippen molar-refractivity contribution in [2.24, 2.45) is 0 Å². The third-order valence-electron chi connectivity index (χ3n) is 5.80. The van der Waals surface area contributed by atoms with E-state index >= 15 is 0 Å². The summed E-state index contributed by atoms with van der Waals surface area (Å²) in [7, 11) is -0.527. The van der Waals surface area contributed by atoms with Crippen molar-refractivity contribution in [1.29, 1.82) is 0 Å². The summed E-state index contributed by atoms with van der Waals surface area (Å²) >= 11 is 0. The summed E-state index contributed by atoms with van der Waals surface area (Å²) in [5.41, 5.74) is 3.51. The summed E-state index contributed by atoms with van der Waals surface area (Å²) in [5.74, 6) is 0. The van der Waals surface area contributed by atoms with E-state index in [2.05, 4.69) is 40.4 Å². The average molecular weight is 454 g/mol. The van der Waals surface area contributed by atoms with Crippen LogP contribution in [0.3, 0.4) is 0 Å². The molecule has 2 aromatic rings.